The summed E-state index contributed by atoms with van der Waals surface area (Å²) in [5.41, 5.74) is 6.98. The van der Waals surface area contributed by atoms with E-state index >= 15 is 0 Å². The van der Waals surface area contributed by atoms with Crippen LogP contribution in [0.5, 0.6) is 0 Å². The van der Waals surface area contributed by atoms with E-state index in [9.17, 15) is 14.4 Å². The van der Waals surface area contributed by atoms with Crippen molar-refractivity contribution >= 4 is 46.9 Å². The quantitative estimate of drug-likeness (QED) is 0.110. The highest BCUT2D eigenvalue weighted by Crippen LogP contribution is 2.23. The molecule has 0 atom stereocenters. The number of benzene rings is 5. The molecule has 5 aromatic rings. The molecular weight excluding hydrogens is 579 g/mol. The highest BCUT2D eigenvalue weighted by Gasteiger charge is 2.15. The summed E-state index contributed by atoms with van der Waals surface area (Å²) in [6.07, 6.45) is 1.66. The third-order valence-corrected chi connectivity index (χ3v) is 8.01. The zero-order valence-corrected chi connectivity index (χ0v) is 25.9. The number of anilines is 2. The monoisotopic (exact) mass is 611 g/mol. The van der Waals surface area contributed by atoms with Crippen molar-refractivity contribution in [3.05, 3.63) is 155 Å². The molecule has 224 valence electrons. The summed E-state index contributed by atoms with van der Waals surface area (Å²) in [7, 11) is 0. The molecule has 0 bridgehead atoms. The minimum absolute atomic E-state index is 0.0925. The number of amides is 3. The van der Waals surface area contributed by atoms with Gasteiger partial charge in [0, 0.05) is 21.8 Å². The Labute approximate surface area is 267 Å². The summed E-state index contributed by atoms with van der Waals surface area (Å²) in [6.45, 7) is 3.99. The van der Waals surface area contributed by atoms with Crippen LogP contribution in [0.1, 0.15) is 27.0 Å². The lowest BCUT2D eigenvalue weighted by Crippen LogP contribution is -2.30. The molecule has 0 saturated heterocycles. The number of hydrogen-bond donors (Lipinski definition) is 3. The van der Waals surface area contributed by atoms with Crippen molar-refractivity contribution in [2.75, 3.05) is 16.4 Å². The summed E-state index contributed by atoms with van der Waals surface area (Å²) in [6, 6.07) is 39.7. The number of hydrogen-bond acceptors (Lipinski definition) is 4. The Morgan fingerprint density at radius 2 is 1.33 bits per heavy atom. The lowest BCUT2D eigenvalue weighted by Gasteiger charge is -2.12. The van der Waals surface area contributed by atoms with Crippen LogP contribution in [-0.4, -0.2) is 23.5 Å². The normalized spacial score (nSPS) is 11.0. The fourth-order valence-corrected chi connectivity index (χ4v) is 5.33. The number of carbonyl (C=O) groups excluding carboxylic acids is 3. The van der Waals surface area contributed by atoms with Crippen molar-refractivity contribution < 1.29 is 14.4 Å². The van der Waals surface area contributed by atoms with Crippen molar-refractivity contribution in [2.24, 2.45) is 0 Å². The highest BCUT2D eigenvalue weighted by molar-refractivity contribution is 8.00. The van der Waals surface area contributed by atoms with Crippen molar-refractivity contribution in [3.63, 3.8) is 0 Å². The number of nitrogens with one attached hydrogen (secondary N) is 3. The molecule has 0 unspecified atom stereocenters. The van der Waals surface area contributed by atoms with Gasteiger partial charge < -0.3 is 16.0 Å². The van der Waals surface area contributed by atoms with Gasteiger partial charge in [0.25, 0.3) is 11.8 Å². The first kappa shape index (κ1) is 31.0. The Balaban J connectivity index is 1.26. The number of carbonyl (C=O) groups is 3. The van der Waals surface area contributed by atoms with Crippen LogP contribution in [-0.2, 0) is 9.59 Å². The van der Waals surface area contributed by atoms with Gasteiger partial charge in [-0.15, -0.1) is 11.8 Å². The highest BCUT2D eigenvalue weighted by atomic mass is 32.2. The van der Waals surface area contributed by atoms with Crippen LogP contribution in [0.15, 0.2) is 138 Å². The Kier molecular flexibility index (Phi) is 10.2. The molecule has 7 heteroatoms. The molecule has 0 heterocycles. The molecule has 0 aliphatic rings. The third kappa shape index (κ3) is 8.81. The Morgan fingerprint density at radius 3 is 2.00 bits per heavy atom. The lowest BCUT2D eigenvalue weighted by molar-refractivity contribution is -0.114. The molecular formula is C38H33N3O3S. The SMILES string of the molecule is Cc1ccc(NC(=O)CSc2ccc(NC(=O)/C(=C/c3ccc(-c4ccccc4)cc3)NC(=O)c3ccccc3)cc2)c(C)c1. The minimum atomic E-state index is -0.459. The van der Waals surface area contributed by atoms with Crippen LogP contribution in [0.4, 0.5) is 11.4 Å². The minimum Gasteiger partial charge on any atom is -0.325 e. The second-order valence-corrected chi connectivity index (χ2v) is 11.5. The maximum absolute atomic E-state index is 13.4. The smallest absolute Gasteiger partial charge is 0.272 e. The van der Waals surface area contributed by atoms with Gasteiger partial charge in [-0.2, -0.15) is 0 Å². The molecule has 3 amide bonds. The zero-order chi connectivity index (χ0) is 31.6. The van der Waals surface area contributed by atoms with Crippen molar-refractivity contribution in [2.45, 2.75) is 18.7 Å². The summed E-state index contributed by atoms with van der Waals surface area (Å²) < 4.78 is 0. The van der Waals surface area contributed by atoms with Crippen molar-refractivity contribution in [1.29, 1.82) is 0 Å². The molecule has 0 fully saturated rings. The number of aryl methyl sites for hydroxylation is 2. The van der Waals surface area contributed by atoms with Gasteiger partial charge >= 0.3 is 0 Å². The summed E-state index contributed by atoms with van der Waals surface area (Å²) in [4.78, 5) is 39.8. The number of thioether (sulfide) groups is 1. The van der Waals surface area contributed by atoms with Gasteiger partial charge in [0.15, 0.2) is 0 Å². The first-order chi connectivity index (χ1) is 21.8. The second kappa shape index (κ2) is 14.9. The predicted octanol–water partition coefficient (Wildman–Crippen LogP) is 8.11. The first-order valence-corrected chi connectivity index (χ1v) is 15.5. The van der Waals surface area contributed by atoms with Gasteiger partial charge in [0.05, 0.1) is 5.75 Å². The Hall–Kier alpha value is -5.40. The van der Waals surface area contributed by atoms with Gasteiger partial charge in [-0.25, -0.2) is 0 Å². The largest absolute Gasteiger partial charge is 0.325 e. The average molecular weight is 612 g/mol. The van der Waals surface area contributed by atoms with E-state index in [1.807, 2.05) is 105 Å². The van der Waals surface area contributed by atoms with Crippen molar-refractivity contribution in [1.82, 2.24) is 5.32 Å². The molecule has 6 nitrogen and oxygen atoms in total. The maximum Gasteiger partial charge on any atom is 0.272 e. The van der Waals surface area contributed by atoms with Gasteiger partial charge in [0.2, 0.25) is 5.91 Å². The Morgan fingerprint density at radius 1 is 0.689 bits per heavy atom. The molecule has 0 aliphatic heterocycles. The van der Waals surface area contributed by atoms with Gasteiger partial charge in [-0.3, -0.25) is 14.4 Å². The lowest BCUT2D eigenvalue weighted by atomic mass is 10.0. The van der Waals surface area contributed by atoms with E-state index in [4.69, 9.17) is 0 Å². The van der Waals surface area contributed by atoms with Gasteiger partial charge in [-0.05, 0) is 84.6 Å². The summed E-state index contributed by atoms with van der Waals surface area (Å²) in [5, 5.41) is 8.62. The summed E-state index contributed by atoms with van der Waals surface area (Å²) in [5.74, 6) is -0.686. The molecule has 0 aromatic heterocycles. The zero-order valence-electron chi connectivity index (χ0n) is 25.0. The van der Waals surface area contributed by atoms with Crippen LogP contribution < -0.4 is 16.0 Å². The van der Waals surface area contributed by atoms with Crippen LogP contribution in [0.3, 0.4) is 0 Å². The van der Waals surface area contributed by atoms with Crippen LogP contribution in [0.2, 0.25) is 0 Å². The standard InChI is InChI=1S/C38H33N3O3S/c1-26-13-22-34(27(2)23-26)40-36(42)25-45-33-20-18-32(19-21-33)39-38(44)35(41-37(43)31-11-7-4-8-12-31)24-28-14-16-30(17-15-28)29-9-5-3-6-10-29/h3-24H,25H2,1-2H3,(H,39,44)(H,40,42)(H,41,43)/b35-24-. The Bertz CT molecular complexity index is 1820. The van der Waals surface area contributed by atoms with E-state index in [0.717, 1.165) is 38.4 Å². The molecule has 0 spiro atoms. The third-order valence-electron chi connectivity index (χ3n) is 7.00. The van der Waals surface area contributed by atoms with Gasteiger partial charge in [0.1, 0.15) is 5.70 Å². The molecule has 0 saturated carbocycles. The van der Waals surface area contributed by atoms with E-state index in [-0.39, 0.29) is 23.3 Å². The van der Waals surface area contributed by atoms with Crippen molar-refractivity contribution in [3.8, 4) is 11.1 Å². The van der Waals surface area contributed by atoms with Crippen LogP contribution in [0, 0.1) is 13.8 Å². The molecule has 0 aliphatic carbocycles. The predicted molar refractivity (Wildman–Crippen MR) is 184 cm³/mol. The molecule has 0 radical (unpaired) electrons. The van der Waals surface area contributed by atoms with E-state index < -0.39 is 5.91 Å². The van der Waals surface area contributed by atoms with E-state index in [2.05, 4.69) is 16.0 Å². The van der Waals surface area contributed by atoms with E-state index in [0.29, 0.717) is 11.3 Å². The fraction of sp³-hybridized carbons (Fsp3) is 0.0789. The van der Waals surface area contributed by atoms with Crippen LogP contribution in [0.25, 0.3) is 17.2 Å². The molecule has 45 heavy (non-hydrogen) atoms. The molecule has 5 rings (SSSR count). The molecule has 3 N–H and O–H groups in total. The number of rotatable bonds is 10. The van der Waals surface area contributed by atoms with E-state index in [1.165, 1.54) is 11.8 Å². The van der Waals surface area contributed by atoms with Gasteiger partial charge in [-0.1, -0.05) is 90.5 Å². The second-order valence-electron chi connectivity index (χ2n) is 10.5. The average Bonchev–Trinajstić information content (AvgIpc) is 3.06. The first-order valence-electron chi connectivity index (χ1n) is 14.5. The molecule has 5 aromatic carbocycles. The summed E-state index contributed by atoms with van der Waals surface area (Å²) >= 11 is 1.40. The topological polar surface area (TPSA) is 87.3 Å². The van der Waals surface area contributed by atoms with Crippen LogP contribution >= 0.6 is 11.8 Å². The fourth-order valence-electron chi connectivity index (χ4n) is 4.63. The van der Waals surface area contributed by atoms with E-state index in [1.54, 1.807) is 42.5 Å². The maximum atomic E-state index is 13.4.